The largest absolute Gasteiger partial charge is 0.349 e. The van der Waals surface area contributed by atoms with Gasteiger partial charge in [0, 0.05) is 23.5 Å². The first-order valence-corrected chi connectivity index (χ1v) is 11.0. The molecule has 4 rings (SSSR count). The highest BCUT2D eigenvalue weighted by molar-refractivity contribution is 7.99. The van der Waals surface area contributed by atoms with E-state index >= 15 is 0 Å². The third kappa shape index (κ3) is 3.81. The van der Waals surface area contributed by atoms with E-state index in [1.807, 2.05) is 26.8 Å². The lowest BCUT2D eigenvalue weighted by molar-refractivity contribution is 0.102. The van der Waals surface area contributed by atoms with E-state index in [-0.39, 0.29) is 27.9 Å². The molecule has 0 aliphatic rings. The first-order valence-electron chi connectivity index (χ1n) is 10.0. The molecule has 4 aromatic rings. The number of aryl methyl sites for hydroxylation is 1. The number of carbonyl (C=O) groups excluding carboxylic acids is 1. The minimum atomic E-state index is -0.527. The molecule has 0 fully saturated rings. The molecule has 2 aromatic carbocycles. The van der Waals surface area contributed by atoms with Crippen LogP contribution in [0, 0.1) is 19.7 Å². The normalized spacial score (nSPS) is 11.2. The molecule has 2 aromatic heterocycles. The Morgan fingerprint density at radius 2 is 1.81 bits per heavy atom. The smallest absolute Gasteiger partial charge is 0.266 e. The van der Waals surface area contributed by atoms with Gasteiger partial charge >= 0.3 is 0 Å². The van der Waals surface area contributed by atoms with Crippen LogP contribution in [0.4, 0.5) is 4.39 Å². The van der Waals surface area contributed by atoms with Gasteiger partial charge in [0.15, 0.2) is 10.9 Å². The summed E-state index contributed by atoms with van der Waals surface area (Å²) in [5.41, 5.74) is 2.87. The maximum atomic E-state index is 14.6. The van der Waals surface area contributed by atoms with Gasteiger partial charge in [0.05, 0.1) is 22.3 Å². The molecule has 0 bridgehead atoms. The summed E-state index contributed by atoms with van der Waals surface area (Å²) in [6, 6.07) is 14.9. The van der Waals surface area contributed by atoms with E-state index in [4.69, 9.17) is 0 Å². The van der Waals surface area contributed by atoms with Crippen molar-refractivity contribution in [3.05, 3.63) is 87.7 Å². The summed E-state index contributed by atoms with van der Waals surface area (Å²) in [6.45, 7) is 6.73. The van der Waals surface area contributed by atoms with Crippen LogP contribution in [0.25, 0.3) is 16.6 Å². The van der Waals surface area contributed by atoms with Gasteiger partial charge in [-0.2, -0.15) is 0 Å². The number of nitrogens with zero attached hydrogens (tertiary/aromatic N) is 3. The maximum Gasteiger partial charge on any atom is 0.266 e. The number of ketones is 1. The Kier molecular flexibility index (Phi) is 5.78. The summed E-state index contributed by atoms with van der Waals surface area (Å²) in [5.74, 6) is -0.491. The summed E-state index contributed by atoms with van der Waals surface area (Å²) < 4.78 is 17.9. The van der Waals surface area contributed by atoms with Gasteiger partial charge in [-0.3, -0.25) is 14.2 Å². The second-order valence-electron chi connectivity index (χ2n) is 7.24. The van der Waals surface area contributed by atoms with Crippen molar-refractivity contribution in [1.82, 2.24) is 14.1 Å². The second kappa shape index (κ2) is 8.51. The zero-order valence-electron chi connectivity index (χ0n) is 17.6. The minimum absolute atomic E-state index is 0.0553. The van der Waals surface area contributed by atoms with Crippen molar-refractivity contribution in [3.8, 4) is 5.69 Å². The summed E-state index contributed by atoms with van der Waals surface area (Å²) in [5, 5.41) is 0.680. The molecule has 31 heavy (non-hydrogen) atoms. The van der Waals surface area contributed by atoms with Crippen LogP contribution in [0.3, 0.4) is 0 Å². The van der Waals surface area contributed by atoms with Gasteiger partial charge in [-0.05, 0) is 51.1 Å². The van der Waals surface area contributed by atoms with Crippen LogP contribution in [0.5, 0.6) is 0 Å². The first-order chi connectivity index (χ1) is 14.9. The summed E-state index contributed by atoms with van der Waals surface area (Å²) >= 11 is 1.14. The number of rotatable bonds is 6. The lowest BCUT2D eigenvalue weighted by atomic mass is 10.2. The molecule has 0 unspecified atom stereocenters. The quantitative estimate of drug-likeness (QED) is 0.245. The van der Waals surface area contributed by atoms with E-state index in [9.17, 15) is 14.0 Å². The number of halogens is 1. The highest BCUT2D eigenvalue weighted by Crippen LogP contribution is 2.25. The Hall–Kier alpha value is -3.19. The van der Waals surface area contributed by atoms with Crippen molar-refractivity contribution in [2.75, 3.05) is 5.75 Å². The SMILES string of the molecule is CCn1c(C)cc(C(=O)CSc2nc3ccccc3c(=O)n2-c2ccccc2F)c1C. The standard InChI is InChI=1S/C24H22FN3O2S/c1-4-27-15(2)13-18(16(27)3)22(29)14-31-24-26-20-11-7-5-9-17(20)23(30)28(24)21-12-8-6-10-19(21)25/h5-13H,4,14H2,1-3H3. The predicted molar refractivity (Wildman–Crippen MR) is 122 cm³/mol. The van der Waals surface area contributed by atoms with E-state index in [0.717, 1.165) is 29.7 Å². The molecule has 2 heterocycles. The topological polar surface area (TPSA) is 56.9 Å². The molecule has 0 amide bonds. The minimum Gasteiger partial charge on any atom is -0.349 e. The first kappa shape index (κ1) is 21.1. The number of hydrogen-bond donors (Lipinski definition) is 0. The Balaban J connectivity index is 1.77. The van der Waals surface area contributed by atoms with Crippen LogP contribution in [-0.4, -0.2) is 25.7 Å². The predicted octanol–water partition coefficient (Wildman–Crippen LogP) is 4.94. The molecule has 0 saturated carbocycles. The van der Waals surface area contributed by atoms with Gasteiger partial charge in [-0.15, -0.1) is 0 Å². The Labute approximate surface area is 183 Å². The van der Waals surface area contributed by atoms with E-state index in [1.54, 1.807) is 36.4 Å². The number of benzene rings is 2. The molecule has 0 N–H and O–H groups in total. The monoisotopic (exact) mass is 435 g/mol. The van der Waals surface area contributed by atoms with Crippen molar-refractivity contribution in [2.45, 2.75) is 32.5 Å². The lowest BCUT2D eigenvalue weighted by Crippen LogP contribution is -2.23. The van der Waals surface area contributed by atoms with Gasteiger partial charge in [0.2, 0.25) is 0 Å². The van der Waals surface area contributed by atoms with E-state index < -0.39 is 5.82 Å². The fourth-order valence-electron chi connectivity index (χ4n) is 3.83. The average molecular weight is 436 g/mol. The van der Waals surface area contributed by atoms with Gasteiger partial charge in [-0.1, -0.05) is 36.0 Å². The Morgan fingerprint density at radius 3 is 2.52 bits per heavy atom. The third-order valence-corrected chi connectivity index (χ3v) is 6.30. The van der Waals surface area contributed by atoms with Gasteiger partial charge in [0.25, 0.3) is 5.56 Å². The number of hydrogen-bond acceptors (Lipinski definition) is 4. The van der Waals surface area contributed by atoms with Crippen molar-refractivity contribution in [3.63, 3.8) is 0 Å². The fourth-order valence-corrected chi connectivity index (χ4v) is 4.72. The summed E-state index contributed by atoms with van der Waals surface area (Å²) in [4.78, 5) is 30.8. The molecule has 0 aliphatic heterocycles. The molecule has 158 valence electrons. The zero-order valence-corrected chi connectivity index (χ0v) is 18.4. The van der Waals surface area contributed by atoms with Crippen LogP contribution >= 0.6 is 11.8 Å². The Bertz CT molecular complexity index is 1360. The molecule has 7 heteroatoms. The van der Waals surface area contributed by atoms with Crippen molar-refractivity contribution in [1.29, 1.82) is 0 Å². The molecule has 5 nitrogen and oxygen atoms in total. The third-order valence-electron chi connectivity index (χ3n) is 5.36. The molecule has 0 radical (unpaired) electrons. The van der Waals surface area contributed by atoms with Crippen molar-refractivity contribution >= 4 is 28.4 Å². The molecule has 0 atom stereocenters. The molecule has 0 saturated heterocycles. The molecule has 0 aliphatic carbocycles. The van der Waals surface area contributed by atoms with E-state index in [1.165, 1.54) is 16.7 Å². The van der Waals surface area contributed by atoms with Gasteiger partial charge in [0.1, 0.15) is 5.82 Å². The van der Waals surface area contributed by atoms with Gasteiger partial charge in [-0.25, -0.2) is 9.37 Å². The van der Waals surface area contributed by atoms with Crippen molar-refractivity contribution in [2.24, 2.45) is 0 Å². The lowest BCUT2D eigenvalue weighted by Gasteiger charge is -2.13. The number of Topliss-reactive ketones (excluding diaryl/α,β-unsaturated/α-hetero) is 1. The van der Waals surface area contributed by atoms with Crippen LogP contribution in [0.2, 0.25) is 0 Å². The highest BCUT2D eigenvalue weighted by Gasteiger charge is 2.19. The number of para-hydroxylation sites is 2. The van der Waals surface area contributed by atoms with Crippen molar-refractivity contribution < 1.29 is 9.18 Å². The second-order valence-corrected chi connectivity index (χ2v) is 8.19. The van der Waals surface area contributed by atoms with Crippen LogP contribution in [0.15, 0.2) is 64.5 Å². The summed E-state index contributed by atoms with van der Waals surface area (Å²) in [6.07, 6.45) is 0. The Morgan fingerprint density at radius 1 is 1.10 bits per heavy atom. The maximum absolute atomic E-state index is 14.6. The fraction of sp³-hybridized carbons (Fsp3) is 0.208. The van der Waals surface area contributed by atoms with Crippen LogP contribution < -0.4 is 5.56 Å². The molecular weight excluding hydrogens is 413 g/mol. The number of carbonyl (C=O) groups is 1. The van der Waals surface area contributed by atoms with E-state index in [2.05, 4.69) is 9.55 Å². The zero-order chi connectivity index (χ0) is 22.1. The van der Waals surface area contributed by atoms with Gasteiger partial charge < -0.3 is 4.57 Å². The van der Waals surface area contributed by atoms with E-state index in [0.29, 0.717) is 16.5 Å². The molecular formula is C24H22FN3O2S. The van der Waals surface area contributed by atoms with Crippen LogP contribution in [0.1, 0.15) is 28.7 Å². The number of thioether (sulfide) groups is 1. The number of fused-ring (bicyclic) bond motifs is 1. The average Bonchev–Trinajstić information content (AvgIpc) is 3.06. The highest BCUT2D eigenvalue weighted by atomic mass is 32.2. The summed E-state index contributed by atoms with van der Waals surface area (Å²) in [7, 11) is 0. The van der Waals surface area contributed by atoms with Crippen LogP contribution in [-0.2, 0) is 6.54 Å². The number of aromatic nitrogens is 3. The molecule has 0 spiro atoms.